The first-order valence-electron chi connectivity index (χ1n) is 4.88. The molecule has 3 heteroatoms. The van der Waals surface area contributed by atoms with E-state index in [1.54, 1.807) is 12.5 Å². The SMILES string of the molecule is CC(C)CCCNCc1cnoc1. The van der Waals surface area contributed by atoms with E-state index in [4.69, 9.17) is 4.52 Å². The van der Waals surface area contributed by atoms with Crippen LogP contribution in [-0.4, -0.2) is 11.7 Å². The van der Waals surface area contributed by atoms with Crippen molar-refractivity contribution in [2.45, 2.75) is 33.2 Å². The maximum absolute atomic E-state index is 4.72. The number of nitrogens with one attached hydrogen (secondary N) is 1. The molecule has 0 spiro atoms. The molecule has 0 atom stereocenters. The Balaban J connectivity index is 1.96. The molecule has 1 N–H and O–H groups in total. The van der Waals surface area contributed by atoms with Gasteiger partial charge in [0.2, 0.25) is 0 Å². The Labute approximate surface area is 79.5 Å². The monoisotopic (exact) mass is 182 g/mol. The van der Waals surface area contributed by atoms with Crippen LogP contribution in [0, 0.1) is 5.92 Å². The van der Waals surface area contributed by atoms with Crippen molar-refractivity contribution in [1.29, 1.82) is 0 Å². The van der Waals surface area contributed by atoms with Gasteiger partial charge in [0.05, 0.1) is 6.20 Å². The highest BCUT2D eigenvalue weighted by Crippen LogP contribution is 2.02. The van der Waals surface area contributed by atoms with E-state index >= 15 is 0 Å². The summed E-state index contributed by atoms with van der Waals surface area (Å²) < 4.78 is 4.72. The fourth-order valence-corrected chi connectivity index (χ4v) is 1.18. The van der Waals surface area contributed by atoms with Gasteiger partial charge in [-0.25, -0.2) is 0 Å². The number of nitrogens with zero attached hydrogens (tertiary/aromatic N) is 1. The molecule has 0 bridgehead atoms. The van der Waals surface area contributed by atoms with E-state index in [1.807, 2.05) is 0 Å². The lowest BCUT2D eigenvalue weighted by Gasteiger charge is -2.04. The molecule has 0 aliphatic heterocycles. The van der Waals surface area contributed by atoms with E-state index in [1.165, 1.54) is 12.8 Å². The summed E-state index contributed by atoms with van der Waals surface area (Å²) in [6.07, 6.45) is 5.95. The maximum atomic E-state index is 4.72. The molecule has 0 amide bonds. The van der Waals surface area contributed by atoms with Crippen molar-refractivity contribution in [2.24, 2.45) is 5.92 Å². The minimum Gasteiger partial charge on any atom is -0.364 e. The molecule has 0 radical (unpaired) electrons. The van der Waals surface area contributed by atoms with Crippen molar-refractivity contribution >= 4 is 0 Å². The van der Waals surface area contributed by atoms with Gasteiger partial charge >= 0.3 is 0 Å². The standard InChI is InChI=1S/C10H18N2O/c1-9(2)4-3-5-11-6-10-7-12-13-8-10/h7-9,11H,3-6H2,1-2H3. The first-order chi connectivity index (χ1) is 6.29. The summed E-state index contributed by atoms with van der Waals surface area (Å²) in [7, 11) is 0. The number of rotatable bonds is 6. The third-order valence-electron chi connectivity index (χ3n) is 1.95. The van der Waals surface area contributed by atoms with Crippen LogP contribution in [0.5, 0.6) is 0 Å². The average molecular weight is 182 g/mol. The van der Waals surface area contributed by atoms with Gasteiger partial charge in [0.1, 0.15) is 6.26 Å². The third kappa shape index (κ3) is 4.68. The fraction of sp³-hybridized carbons (Fsp3) is 0.700. The highest BCUT2D eigenvalue weighted by atomic mass is 16.5. The zero-order valence-corrected chi connectivity index (χ0v) is 8.42. The van der Waals surface area contributed by atoms with E-state index in [9.17, 15) is 0 Å². The molecule has 1 aromatic heterocycles. The Kier molecular flexibility index (Phi) is 4.54. The zero-order chi connectivity index (χ0) is 9.52. The molecule has 3 nitrogen and oxygen atoms in total. The lowest BCUT2D eigenvalue weighted by molar-refractivity contribution is 0.418. The summed E-state index contributed by atoms with van der Waals surface area (Å²) in [5.74, 6) is 0.803. The van der Waals surface area contributed by atoms with Crippen LogP contribution in [0.25, 0.3) is 0 Å². The maximum Gasteiger partial charge on any atom is 0.128 e. The normalized spacial score (nSPS) is 11.0. The minimum absolute atomic E-state index is 0.803. The average Bonchev–Trinajstić information content (AvgIpc) is 2.55. The van der Waals surface area contributed by atoms with Crippen molar-refractivity contribution < 1.29 is 4.52 Å². The molecular formula is C10H18N2O. The summed E-state index contributed by atoms with van der Waals surface area (Å²) >= 11 is 0. The Morgan fingerprint density at radius 3 is 3.00 bits per heavy atom. The van der Waals surface area contributed by atoms with Gasteiger partial charge in [-0.3, -0.25) is 0 Å². The molecule has 0 saturated heterocycles. The van der Waals surface area contributed by atoms with Crippen LogP contribution in [0.3, 0.4) is 0 Å². The topological polar surface area (TPSA) is 38.1 Å². The Hall–Kier alpha value is -0.830. The second-order valence-corrected chi connectivity index (χ2v) is 3.75. The minimum atomic E-state index is 0.803. The van der Waals surface area contributed by atoms with Crippen LogP contribution in [-0.2, 0) is 6.54 Å². The molecule has 0 saturated carbocycles. The van der Waals surface area contributed by atoms with Crippen molar-refractivity contribution in [1.82, 2.24) is 10.5 Å². The molecule has 0 aliphatic carbocycles. The first kappa shape index (κ1) is 10.3. The molecule has 0 fully saturated rings. The summed E-state index contributed by atoms with van der Waals surface area (Å²) in [6, 6.07) is 0. The molecule has 74 valence electrons. The van der Waals surface area contributed by atoms with E-state index < -0.39 is 0 Å². The van der Waals surface area contributed by atoms with Gasteiger partial charge in [-0.2, -0.15) is 0 Å². The molecule has 1 rings (SSSR count). The van der Waals surface area contributed by atoms with Crippen LogP contribution in [0.1, 0.15) is 32.3 Å². The van der Waals surface area contributed by atoms with Gasteiger partial charge in [0, 0.05) is 12.1 Å². The largest absolute Gasteiger partial charge is 0.364 e. The van der Waals surface area contributed by atoms with Gasteiger partial charge in [0.15, 0.2) is 0 Å². The molecule has 13 heavy (non-hydrogen) atoms. The Bertz CT molecular complexity index is 207. The van der Waals surface area contributed by atoms with Crippen molar-refractivity contribution in [2.75, 3.05) is 6.54 Å². The molecule has 1 aromatic rings. The van der Waals surface area contributed by atoms with Gasteiger partial charge in [-0.15, -0.1) is 0 Å². The predicted molar refractivity (Wildman–Crippen MR) is 52.3 cm³/mol. The predicted octanol–water partition coefficient (Wildman–Crippen LogP) is 2.20. The number of hydrogen-bond donors (Lipinski definition) is 1. The molecule has 0 unspecified atom stereocenters. The van der Waals surface area contributed by atoms with Gasteiger partial charge in [-0.05, 0) is 25.3 Å². The van der Waals surface area contributed by atoms with Crippen LogP contribution < -0.4 is 5.32 Å². The van der Waals surface area contributed by atoms with E-state index in [0.29, 0.717) is 0 Å². The van der Waals surface area contributed by atoms with Gasteiger partial charge in [0.25, 0.3) is 0 Å². The molecule has 0 aromatic carbocycles. The summed E-state index contributed by atoms with van der Waals surface area (Å²) in [4.78, 5) is 0. The zero-order valence-electron chi connectivity index (χ0n) is 8.42. The molecule has 1 heterocycles. The Morgan fingerprint density at radius 1 is 1.54 bits per heavy atom. The van der Waals surface area contributed by atoms with Gasteiger partial charge < -0.3 is 9.84 Å². The van der Waals surface area contributed by atoms with E-state index in [2.05, 4.69) is 24.3 Å². The quantitative estimate of drug-likeness (QED) is 0.685. The van der Waals surface area contributed by atoms with Crippen molar-refractivity contribution in [3.63, 3.8) is 0 Å². The van der Waals surface area contributed by atoms with Crippen LogP contribution in [0.4, 0.5) is 0 Å². The molecular weight excluding hydrogens is 164 g/mol. The summed E-state index contributed by atoms with van der Waals surface area (Å²) in [5, 5.41) is 6.98. The molecule has 0 aliphatic rings. The van der Waals surface area contributed by atoms with Crippen LogP contribution in [0.15, 0.2) is 17.0 Å². The van der Waals surface area contributed by atoms with E-state index in [0.717, 1.165) is 24.6 Å². The fourth-order valence-electron chi connectivity index (χ4n) is 1.18. The number of hydrogen-bond acceptors (Lipinski definition) is 3. The van der Waals surface area contributed by atoms with Crippen LogP contribution >= 0.6 is 0 Å². The summed E-state index contributed by atoms with van der Waals surface area (Å²) in [5.41, 5.74) is 1.12. The highest BCUT2D eigenvalue weighted by Gasteiger charge is 1.95. The van der Waals surface area contributed by atoms with Crippen molar-refractivity contribution in [3.05, 3.63) is 18.0 Å². The lowest BCUT2D eigenvalue weighted by atomic mass is 10.1. The summed E-state index contributed by atoms with van der Waals surface area (Å²) in [6.45, 7) is 6.44. The van der Waals surface area contributed by atoms with E-state index in [-0.39, 0.29) is 0 Å². The smallest absolute Gasteiger partial charge is 0.128 e. The van der Waals surface area contributed by atoms with Gasteiger partial charge in [-0.1, -0.05) is 19.0 Å². The first-order valence-corrected chi connectivity index (χ1v) is 4.88. The van der Waals surface area contributed by atoms with Crippen LogP contribution in [0.2, 0.25) is 0 Å². The lowest BCUT2D eigenvalue weighted by Crippen LogP contribution is -2.14. The third-order valence-corrected chi connectivity index (χ3v) is 1.95. The van der Waals surface area contributed by atoms with Crippen molar-refractivity contribution in [3.8, 4) is 0 Å². The Morgan fingerprint density at radius 2 is 2.38 bits per heavy atom. The second kappa shape index (κ2) is 5.75. The number of aromatic nitrogens is 1. The highest BCUT2D eigenvalue weighted by molar-refractivity contribution is 4.98. The second-order valence-electron chi connectivity index (χ2n) is 3.75.